The van der Waals surface area contributed by atoms with Crippen molar-refractivity contribution in [1.82, 2.24) is 5.32 Å². The minimum Gasteiger partial charge on any atom is -0.394 e. The summed E-state index contributed by atoms with van der Waals surface area (Å²) in [6, 6.07) is -1.18. The van der Waals surface area contributed by atoms with Gasteiger partial charge in [-0.2, -0.15) is 0 Å². The summed E-state index contributed by atoms with van der Waals surface area (Å²) in [4.78, 5) is 13.1. The standard InChI is InChI=1S/C54H103NO10/c1-3-5-7-9-11-13-15-16-17-18-19-20-21-22-23-24-25-26-27-28-29-30-31-32-34-36-38-40-42-47(58)53(63)55-45(44-64-54-52(62)51(61)50(60)48(43-56)65-54)49(59)46(57)41-39-37-35-33-14-12-10-8-6-4-2/h22-23,33,35,45-52,54,56-62H,3-21,24-32,34,36-44H2,1-2H3,(H,55,63)/b23-22-,35-33+. The molecule has 1 rings (SSSR count). The number of ether oxygens (including phenoxy) is 2. The number of rotatable bonds is 46. The smallest absolute Gasteiger partial charge is 0.249 e. The molecule has 0 spiro atoms. The van der Waals surface area contributed by atoms with Crippen molar-refractivity contribution in [2.45, 2.75) is 300 Å². The van der Waals surface area contributed by atoms with Crippen LogP contribution in [0.15, 0.2) is 24.3 Å². The molecule has 65 heavy (non-hydrogen) atoms. The summed E-state index contributed by atoms with van der Waals surface area (Å²) in [7, 11) is 0. The van der Waals surface area contributed by atoms with Crippen LogP contribution < -0.4 is 5.32 Å². The van der Waals surface area contributed by atoms with Gasteiger partial charge in [-0.15, -0.1) is 0 Å². The molecule has 1 aliphatic rings. The topological polar surface area (TPSA) is 189 Å². The second kappa shape index (κ2) is 43.8. The van der Waals surface area contributed by atoms with Gasteiger partial charge in [0.2, 0.25) is 5.91 Å². The fourth-order valence-electron chi connectivity index (χ4n) is 8.73. The molecule has 1 saturated heterocycles. The zero-order valence-electron chi connectivity index (χ0n) is 41.7. The lowest BCUT2D eigenvalue weighted by atomic mass is 9.98. The van der Waals surface area contributed by atoms with Crippen LogP contribution in [0.5, 0.6) is 0 Å². The Morgan fingerprint density at radius 3 is 1.32 bits per heavy atom. The first kappa shape index (κ1) is 61.6. The van der Waals surface area contributed by atoms with Crippen LogP contribution in [0.1, 0.15) is 245 Å². The zero-order valence-corrected chi connectivity index (χ0v) is 41.7. The molecule has 1 fully saturated rings. The van der Waals surface area contributed by atoms with E-state index in [1.807, 2.05) is 0 Å². The molecule has 0 radical (unpaired) electrons. The lowest BCUT2D eigenvalue weighted by molar-refractivity contribution is -0.303. The number of unbranched alkanes of at least 4 members (excludes halogenated alkanes) is 30. The number of hydrogen-bond acceptors (Lipinski definition) is 10. The molecule has 9 unspecified atom stereocenters. The van der Waals surface area contributed by atoms with Gasteiger partial charge >= 0.3 is 0 Å². The van der Waals surface area contributed by atoms with Crippen LogP contribution in [0, 0.1) is 0 Å². The Balaban J connectivity index is 2.24. The van der Waals surface area contributed by atoms with E-state index >= 15 is 0 Å². The molecule has 0 saturated carbocycles. The average molecular weight is 926 g/mol. The molecule has 384 valence electrons. The molecular formula is C54H103NO10. The van der Waals surface area contributed by atoms with E-state index in [0.717, 1.165) is 38.5 Å². The molecule has 1 heterocycles. The van der Waals surface area contributed by atoms with Crippen LogP contribution in [0.4, 0.5) is 0 Å². The Bertz CT molecular complexity index is 1110. The summed E-state index contributed by atoms with van der Waals surface area (Å²) in [6.45, 7) is 3.41. The molecule has 11 heteroatoms. The zero-order chi connectivity index (χ0) is 47.6. The van der Waals surface area contributed by atoms with Crippen LogP contribution >= 0.6 is 0 Å². The third kappa shape index (κ3) is 32.9. The maximum atomic E-state index is 13.1. The second-order valence-corrected chi connectivity index (χ2v) is 19.3. The van der Waals surface area contributed by atoms with E-state index in [1.165, 1.54) is 167 Å². The fraction of sp³-hybridized carbons (Fsp3) is 0.907. The highest BCUT2D eigenvalue weighted by Gasteiger charge is 2.44. The van der Waals surface area contributed by atoms with Gasteiger partial charge in [0.25, 0.3) is 0 Å². The number of hydrogen-bond donors (Lipinski definition) is 8. The summed E-state index contributed by atoms with van der Waals surface area (Å²) in [5.74, 6) is -0.706. The van der Waals surface area contributed by atoms with Crippen LogP contribution in [0.3, 0.4) is 0 Å². The highest BCUT2D eigenvalue weighted by Crippen LogP contribution is 2.23. The molecule has 0 aromatic heterocycles. The van der Waals surface area contributed by atoms with Crippen molar-refractivity contribution in [2.24, 2.45) is 0 Å². The van der Waals surface area contributed by atoms with Crippen LogP contribution in [0.2, 0.25) is 0 Å². The maximum absolute atomic E-state index is 13.1. The fourth-order valence-corrected chi connectivity index (χ4v) is 8.73. The second-order valence-electron chi connectivity index (χ2n) is 19.3. The Kier molecular flexibility index (Phi) is 41.6. The first-order valence-electron chi connectivity index (χ1n) is 27.2. The third-order valence-corrected chi connectivity index (χ3v) is 13.2. The van der Waals surface area contributed by atoms with Gasteiger partial charge in [-0.25, -0.2) is 0 Å². The van der Waals surface area contributed by atoms with Gasteiger partial charge in [-0.05, 0) is 64.2 Å². The predicted octanol–water partition coefficient (Wildman–Crippen LogP) is 10.6. The van der Waals surface area contributed by atoms with Crippen molar-refractivity contribution < 1.29 is 50.0 Å². The summed E-state index contributed by atoms with van der Waals surface area (Å²) in [6.07, 6.45) is 39.8. The van der Waals surface area contributed by atoms with E-state index in [0.29, 0.717) is 12.8 Å². The van der Waals surface area contributed by atoms with Gasteiger partial charge in [0.1, 0.15) is 36.6 Å². The molecular weight excluding hydrogens is 823 g/mol. The van der Waals surface area contributed by atoms with Crippen molar-refractivity contribution in [3.05, 3.63) is 24.3 Å². The Morgan fingerprint density at radius 2 is 0.908 bits per heavy atom. The molecule has 9 atom stereocenters. The Morgan fingerprint density at radius 1 is 0.523 bits per heavy atom. The normalized spacial score (nSPS) is 21.0. The molecule has 0 aromatic carbocycles. The van der Waals surface area contributed by atoms with Crippen LogP contribution in [-0.4, -0.2) is 110 Å². The Labute approximate surface area is 397 Å². The quantitative estimate of drug-likeness (QED) is 0.0216. The van der Waals surface area contributed by atoms with Gasteiger partial charge in [0.15, 0.2) is 6.29 Å². The van der Waals surface area contributed by atoms with Gasteiger partial charge in [0.05, 0.1) is 25.4 Å². The molecule has 1 amide bonds. The highest BCUT2D eigenvalue weighted by atomic mass is 16.7. The number of carbonyl (C=O) groups is 1. The third-order valence-electron chi connectivity index (χ3n) is 13.2. The van der Waals surface area contributed by atoms with Gasteiger partial charge < -0.3 is 50.5 Å². The van der Waals surface area contributed by atoms with Crippen LogP contribution in [0.25, 0.3) is 0 Å². The number of carbonyl (C=O) groups excluding carboxylic acids is 1. The highest BCUT2D eigenvalue weighted by molar-refractivity contribution is 5.80. The Hall–Kier alpha value is -1.41. The minimum absolute atomic E-state index is 0.255. The van der Waals surface area contributed by atoms with Crippen molar-refractivity contribution >= 4 is 5.91 Å². The molecule has 11 nitrogen and oxygen atoms in total. The monoisotopic (exact) mass is 926 g/mol. The maximum Gasteiger partial charge on any atom is 0.249 e. The van der Waals surface area contributed by atoms with Gasteiger partial charge in [0, 0.05) is 0 Å². The van der Waals surface area contributed by atoms with Crippen molar-refractivity contribution in [2.75, 3.05) is 13.2 Å². The van der Waals surface area contributed by atoms with Crippen molar-refractivity contribution in [3.8, 4) is 0 Å². The molecule has 1 aliphatic heterocycles. The van der Waals surface area contributed by atoms with Crippen molar-refractivity contribution in [1.29, 1.82) is 0 Å². The number of aliphatic hydroxyl groups is 7. The lowest BCUT2D eigenvalue weighted by Crippen LogP contribution is -2.60. The van der Waals surface area contributed by atoms with Crippen molar-refractivity contribution in [3.63, 3.8) is 0 Å². The number of nitrogens with one attached hydrogen (secondary N) is 1. The first-order chi connectivity index (χ1) is 31.7. The van der Waals surface area contributed by atoms with E-state index in [4.69, 9.17) is 9.47 Å². The van der Waals surface area contributed by atoms with Gasteiger partial charge in [-0.3, -0.25) is 4.79 Å². The summed E-state index contributed by atoms with van der Waals surface area (Å²) >= 11 is 0. The van der Waals surface area contributed by atoms with E-state index in [2.05, 4.69) is 43.5 Å². The van der Waals surface area contributed by atoms with Gasteiger partial charge in [-0.1, -0.05) is 205 Å². The summed E-state index contributed by atoms with van der Waals surface area (Å²) in [5, 5.41) is 75.7. The number of amides is 1. The van der Waals surface area contributed by atoms with E-state index in [-0.39, 0.29) is 12.8 Å². The first-order valence-corrected chi connectivity index (χ1v) is 27.2. The number of aliphatic hydroxyl groups excluding tert-OH is 7. The summed E-state index contributed by atoms with van der Waals surface area (Å²) < 4.78 is 11.1. The number of allylic oxidation sites excluding steroid dienone is 4. The SMILES string of the molecule is CCCCCCC/C=C/CCCC(O)C(O)C(COC1OC(CO)C(O)C(O)C1O)NC(=O)C(O)CCCCCCCCCCCCCC/C=C\CCCCCCCCCCCCCC. The molecule has 0 aromatic rings. The summed E-state index contributed by atoms with van der Waals surface area (Å²) in [5.41, 5.74) is 0. The van der Waals surface area contributed by atoms with Crippen LogP contribution in [-0.2, 0) is 14.3 Å². The molecule has 0 bridgehead atoms. The largest absolute Gasteiger partial charge is 0.394 e. The lowest BCUT2D eigenvalue weighted by Gasteiger charge is -2.40. The van der Waals surface area contributed by atoms with E-state index in [9.17, 15) is 40.5 Å². The predicted molar refractivity (Wildman–Crippen MR) is 266 cm³/mol. The van der Waals surface area contributed by atoms with E-state index < -0.39 is 74.2 Å². The average Bonchev–Trinajstić information content (AvgIpc) is 3.31. The molecule has 8 N–H and O–H groups in total. The van der Waals surface area contributed by atoms with E-state index in [1.54, 1.807) is 0 Å². The molecule has 0 aliphatic carbocycles. The minimum atomic E-state index is -1.67.